The van der Waals surface area contributed by atoms with Crippen LogP contribution in [0.1, 0.15) is 22.6 Å². The molecule has 2 aromatic rings. The number of carbonyl (C=O) groups excluding carboxylic acids is 3. The van der Waals surface area contributed by atoms with Gasteiger partial charge >= 0.3 is 0 Å². The Morgan fingerprint density at radius 3 is 1.96 bits per heavy atom. The molecule has 0 radical (unpaired) electrons. The summed E-state index contributed by atoms with van der Waals surface area (Å²) in [7, 11) is 0. The lowest BCUT2D eigenvalue weighted by atomic mass is 10.2. The Balaban J connectivity index is 0.000000194. The minimum absolute atomic E-state index is 0.194. The molecule has 2 aromatic heterocycles. The van der Waals surface area contributed by atoms with Gasteiger partial charge in [-0.3, -0.25) is 29.3 Å². The second-order valence-electron chi connectivity index (χ2n) is 4.02. The highest BCUT2D eigenvalue weighted by Gasteiger charge is 2.03. The molecule has 0 aliphatic carbocycles. The molecule has 6 heteroatoms. The van der Waals surface area contributed by atoms with Gasteiger partial charge in [-0.15, -0.1) is 0 Å². The summed E-state index contributed by atoms with van der Waals surface area (Å²) >= 11 is 0. The molecule has 0 fully saturated rings. The SMILES string of the molecule is C1=CN=C(c2ccccn2)C1.O=CC=O.O=Cc1ccccn1. The van der Waals surface area contributed by atoms with Crippen LogP contribution in [0, 0.1) is 0 Å². The molecule has 3 heterocycles. The Labute approximate surface area is 133 Å². The Hall–Kier alpha value is -3.28. The van der Waals surface area contributed by atoms with Crippen LogP contribution in [0.3, 0.4) is 0 Å². The number of carbonyl (C=O) groups is 3. The minimum Gasteiger partial charge on any atom is -0.296 e. The van der Waals surface area contributed by atoms with E-state index in [0.717, 1.165) is 24.1 Å². The van der Waals surface area contributed by atoms with Crippen LogP contribution < -0.4 is 0 Å². The van der Waals surface area contributed by atoms with E-state index >= 15 is 0 Å². The molecule has 0 unspecified atom stereocenters. The van der Waals surface area contributed by atoms with E-state index in [1.807, 2.05) is 30.5 Å². The van der Waals surface area contributed by atoms with Gasteiger partial charge in [-0.05, 0) is 24.3 Å². The maximum Gasteiger partial charge on any atom is 0.182 e. The molecule has 0 amide bonds. The Morgan fingerprint density at radius 1 is 0.870 bits per heavy atom. The monoisotopic (exact) mass is 309 g/mol. The average Bonchev–Trinajstić information content (AvgIpc) is 3.19. The Bertz CT molecular complexity index is 662. The molecule has 0 spiro atoms. The Kier molecular flexibility index (Phi) is 8.80. The van der Waals surface area contributed by atoms with E-state index in [-0.39, 0.29) is 12.6 Å². The fourth-order valence-electron chi connectivity index (χ4n) is 1.51. The fraction of sp³-hybridized carbons (Fsp3) is 0.0588. The van der Waals surface area contributed by atoms with Crippen LogP contribution in [0.2, 0.25) is 0 Å². The number of hydrogen-bond donors (Lipinski definition) is 0. The predicted molar refractivity (Wildman–Crippen MR) is 86.3 cm³/mol. The van der Waals surface area contributed by atoms with E-state index in [2.05, 4.69) is 15.0 Å². The van der Waals surface area contributed by atoms with Crippen molar-refractivity contribution in [3.8, 4) is 0 Å². The number of hydrogen-bond acceptors (Lipinski definition) is 6. The molecule has 6 nitrogen and oxygen atoms in total. The minimum atomic E-state index is 0.194. The molecule has 0 bridgehead atoms. The molecule has 0 saturated carbocycles. The van der Waals surface area contributed by atoms with Gasteiger partial charge in [-0.2, -0.15) is 0 Å². The molecule has 23 heavy (non-hydrogen) atoms. The van der Waals surface area contributed by atoms with Crippen molar-refractivity contribution in [1.82, 2.24) is 9.97 Å². The third kappa shape index (κ3) is 7.33. The van der Waals surface area contributed by atoms with E-state index in [9.17, 15) is 4.79 Å². The number of rotatable bonds is 3. The standard InChI is InChI=1S/C9H8N2.C6H5NO.C2H2O2/c1-2-6-10-8(4-1)9-5-3-7-11-9;8-5-6-3-1-2-4-7-6;3-1-2-4/h1-4,6-7H,5H2;1-5H;1-2H. The first kappa shape index (κ1) is 17.8. The van der Waals surface area contributed by atoms with Gasteiger partial charge in [-0.1, -0.05) is 18.2 Å². The molecule has 1 aliphatic rings. The summed E-state index contributed by atoms with van der Waals surface area (Å²) in [4.78, 5) is 39.7. The summed E-state index contributed by atoms with van der Waals surface area (Å²) in [5, 5.41) is 0. The molecular formula is C17H15N3O3. The maximum atomic E-state index is 9.94. The Morgan fingerprint density at radius 2 is 1.57 bits per heavy atom. The van der Waals surface area contributed by atoms with E-state index in [1.165, 1.54) is 0 Å². The molecule has 0 N–H and O–H groups in total. The summed E-state index contributed by atoms with van der Waals surface area (Å²) < 4.78 is 0. The first-order chi connectivity index (χ1) is 11.3. The fourth-order valence-corrected chi connectivity index (χ4v) is 1.51. The summed E-state index contributed by atoms with van der Waals surface area (Å²) in [6.07, 6.45) is 9.25. The zero-order valence-corrected chi connectivity index (χ0v) is 12.3. The van der Waals surface area contributed by atoms with Crippen LogP contribution in [-0.4, -0.2) is 34.5 Å². The van der Waals surface area contributed by atoms with Gasteiger partial charge in [0.05, 0.1) is 11.4 Å². The summed E-state index contributed by atoms with van der Waals surface area (Å²) in [5.74, 6) is 0. The quantitative estimate of drug-likeness (QED) is 0.639. The van der Waals surface area contributed by atoms with Crippen LogP contribution >= 0.6 is 0 Å². The number of nitrogens with zero attached hydrogens (tertiary/aromatic N) is 3. The average molecular weight is 309 g/mol. The van der Waals surface area contributed by atoms with Gasteiger partial charge in [-0.25, -0.2) is 0 Å². The first-order valence-corrected chi connectivity index (χ1v) is 6.70. The first-order valence-electron chi connectivity index (χ1n) is 6.70. The summed E-state index contributed by atoms with van der Waals surface area (Å²) in [6.45, 7) is 0. The van der Waals surface area contributed by atoms with Crippen molar-refractivity contribution >= 4 is 24.6 Å². The van der Waals surface area contributed by atoms with Crippen LogP contribution in [0.15, 0.2) is 66.1 Å². The zero-order valence-electron chi connectivity index (χ0n) is 12.3. The largest absolute Gasteiger partial charge is 0.296 e. The van der Waals surface area contributed by atoms with E-state index in [4.69, 9.17) is 9.59 Å². The van der Waals surface area contributed by atoms with Crippen molar-refractivity contribution in [2.75, 3.05) is 0 Å². The number of aliphatic imine (C=N–C) groups is 1. The molecule has 1 aliphatic heterocycles. The maximum absolute atomic E-state index is 9.94. The zero-order chi connectivity index (χ0) is 16.8. The molecule has 116 valence electrons. The summed E-state index contributed by atoms with van der Waals surface area (Å²) in [6, 6.07) is 11.1. The number of aromatic nitrogens is 2. The lowest BCUT2D eigenvalue weighted by Crippen LogP contribution is -1.98. The molecular weight excluding hydrogens is 294 g/mol. The van der Waals surface area contributed by atoms with Crippen LogP contribution in [0.5, 0.6) is 0 Å². The van der Waals surface area contributed by atoms with Crippen molar-refractivity contribution in [3.05, 3.63) is 72.5 Å². The third-order valence-corrected chi connectivity index (χ3v) is 2.47. The third-order valence-electron chi connectivity index (χ3n) is 2.47. The van der Waals surface area contributed by atoms with Crippen molar-refractivity contribution in [1.29, 1.82) is 0 Å². The lowest BCUT2D eigenvalue weighted by molar-refractivity contribution is -0.122. The topological polar surface area (TPSA) is 89.4 Å². The van der Waals surface area contributed by atoms with Gasteiger partial charge in [0.1, 0.15) is 5.69 Å². The number of aldehydes is 3. The van der Waals surface area contributed by atoms with E-state index in [0.29, 0.717) is 5.69 Å². The van der Waals surface area contributed by atoms with Crippen LogP contribution in [-0.2, 0) is 9.59 Å². The van der Waals surface area contributed by atoms with Gasteiger partial charge < -0.3 is 0 Å². The number of pyridine rings is 2. The normalized spacial score (nSPS) is 11.0. The van der Waals surface area contributed by atoms with Gasteiger partial charge in [0.25, 0.3) is 0 Å². The van der Waals surface area contributed by atoms with Gasteiger partial charge in [0.15, 0.2) is 18.9 Å². The molecule has 0 atom stereocenters. The number of allylic oxidation sites excluding steroid dienone is 1. The van der Waals surface area contributed by atoms with Crippen molar-refractivity contribution in [3.63, 3.8) is 0 Å². The second kappa shape index (κ2) is 11.4. The van der Waals surface area contributed by atoms with Crippen molar-refractivity contribution < 1.29 is 14.4 Å². The van der Waals surface area contributed by atoms with Gasteiger partial charge in [0.2, 0.25) is 0 Å². The van der Waals surface area contributed by atoms with Crippen molar-refractivity contribution in [2.24, 2.45) is 4.99 Å². The lowest BCUT2D eigenvalue weighted by Gasteiger charge is -1.95. The van der Waals surface area contributed by atoms with E-state index in [1.54, 1.807) is 30.6 Å². The predicted octanol–water partition coefficient (Wildman–Crippen LogP) is 2.07. The van der Waals surface area contributed by atoms with Gasteiger partial charge in [0, 0.05) is 25.0 Å². The highest BCUT2D eigenvalue weighted by atomic mass is 16.2. The summed E-state index contributed by atoms with van der Waals surface area (Å²) in [5.41, 5.74) is 2.52. The van der Waals surface area contributed by atoms with Crippen molar-refractivity contribution in [2.45, 2.75) is 6.42 Å². The molecule has 3 rings (SSSR count). The molecule has 0 saturated heterocycles. The highest BCUT2D eigenvalue weighted by molar-refractivity contribution is 6.09. The smallest absolute Gasteiger partial charge is 0.182 e. The second-order valence-corrected chi connectivity index (χ2v) is 4.02. The van der Waals surface area contributed by atoms with Crippen LogP contribution in [0.4, 0.5) is 0 Å². The van der Waals surface area contributed by atoms with Crippen LogP contribution in [0.25, 0.3) is 0 Å². The highest BCUT2D eigenvalue weighted by Crippen LogP contribution is 2.07. The molecule has 0 aromatic carbocycles. The van der Waals surface area contributed by atoms with E-state index < -0.39 is 0 Å².